The molecule has 1 heteroatoms. The number of nitrogens with two attached hydrogens (primary N) is 1. The van der Waals surface area contributed by atoms with Crippen LogP contribution in [0.2, 0.25) is 0 Å². The minimum atomic E-state index is 0.298. The van der Waals surface area contributed by atoms with E-state index < -0.39 is 0 Å². The fourth-order valence-electron chi connectivity index (χ4n) is 4.03. The van der Waals surface area contributed by atoms with Crippen molar-refractivity contribution in [2.24, 2.45) is 5.73 Å². The Morgan fingerprint density at radius 3 is 2.72 bits per heavy atom. The molecule has 2 N–H and O–H groups in total. The van der Waals surface area contributed by atoms with E-state index >= 15 is 0 Å². The molecule has 1 atom stereocenters. The Hall–Kier alpha value is -0.820. The Bertz CT molecular complexity index is 429. The molecule has 0 spiro atoms. The highest BCUT2D eigenvalue weighted by molar-refractivity contribution is 5.40. The van der Waals surface area contributed by atoms with Crippen LogP contribution in [0, 0.1) is 0 Å². The van der Waals surface area contributed by atoms with E-state index in [2.05, 4.69) is 25.1 Å². The standard InChI is InChI=1S/C17H25N/c1-13-5-4-6-14-7-8-15(11-16(13)14)17(12-18)9-2-3-10-17/h7-8,11,13H,2-6,9-10,12,18H2,1H3. The molecular formula is C17H25N. The van der Waals surface area contributed by atoms with Crippen molar-refractivity contribution in [1.29, 1.82) is 0 Å². The molecule has 0 amide bonds. The van der Waals surface area contributed by atoms with Gasteiger partial charge in [0.05, 0.1) is 0 Å². The van der Waals surface area contributed by atoms with Gasteiger partial charge in [-0.2, -0.15) is 0 Å². The maximum absolute atomic E-state index is 6.11. The smallest absolute Gasteiger partial charge is 0.00756 e. The molecule has 98 valence electrons. The molecule has 0 bridgehead atoms. The van der Waals surface area contributed by atoms with Crippen molar-refractivity contribution in [2.45, 2.75) is 63.2 Å². The lowest BCUT2D eigenvalue weighted by molar-refractivity contribution is 0.451. The number of fused-ring (bicyclic) bond motifs is 1. The molecule has 2 aliphatic carbocycles. The van der Waals surface area contributed by atoms with Gasteiger partial charge in [-0.25, -0.2) is 0 Å². The minimum absolute atomic E-state index is 0.298. The van der Waals surface area contributed by atoms with Crippen molar-refractivity contribution < 1.29 is 0 Å². The van der Waals surface area contributed by atoms with E-state index in [1.807, 2.05) is 0 Å². The molecule has 1 aromatic rings. The van der Waals surface area contributed by atoms with Crippen LogP contribution in [0.1, 0.15) is 68.1 Å². The molecule has 0 aliphatic heterocycles. The summed E-state index contributed by atoms with van der Waals surface area (Å²) in [6.07, 6.45) is 9.26. The topological polar surface area (TPSA) is 26.0 Å². The largest absolute Gasteiger partial charge is 0.330 e. The van der Waals surface area contributed by atoms with Crippen molar-refractivity contribution in [1.82, 2.24) is 0 Å². The summed E-state index contributed by atoms with van der Waals surface area (Å²) in [5.74, 6) is 0.741. The molecule has 1 aromatic carbocycles. The number of hydrogen-bond donors (Lipinski definition) is 1. The van der Waals surface area contributed by atoms with Gasteiger partial charge in [-0.3, -0.25) is 0 Å². The maximum atomic E-state index is 6.11. The van der Waals surface area contributed by atoms with Crippen LogP contribution in [0.15, 0.2) is 18.2 Å². The van der Waals surface area contributed by atoms with Gasteiger partial charge in [0.15, 0.2) is 0 Å². The van der Waals surface area contributed by atoms with Crippen LogP contribution in [0.4, 0.5) is 0 Å². The molecule has 1 saturated carbocycles. The highest BCUT2D eigenvalue weighted by atomic mass is 14.6. The Morgan fingerprint density at radius 2 is 2.00 bits per heavy atom. The summed E-state index contributed by atoms with van der Waals surface area (Å²) in [6, 6.07) is 7.25. The second kappa shape index (κ2) is 4.70. The fraction of sp³-hybridized carbons (Fsp3) is 0.647. The predicted molar refractivity (Wildman–Crippen MR) is 77.0 cm³/mol. The first-order valence-electron chi connectivity index (χ1n) is 7.58. The first kappa shape index (κ1) is 12.2. The second-order valence-corrected chi connectivity index (χ2v) is 6.40. The SMILES string of the molecule is CC1CCCc2ccc(C3(CN)CCCC3)cc21. The van der Waals surface area contributed by atoms with Crippen LogP contribution < -0.4 is 5.73 Å². The molecule has 0 aromatic heterocycles. The summed E-state index contributed by atoms with van der Waals surface area (Å²) in [5.41, 5.74) is 11.1. The van der Waals surface area contributed by atoms with Crippen LogP contribution in [-0.4, -0.2) is 6.54 Å². The highest BCUT2D eigenvalue weighted by Gasteiger charge is 2.34. The maximum Gasteiger partial charge on any atom is 0.00756 e. The van der Waals surface area contributed by atoms with Gasteiger partial charge >= 0.3 is 0 Å². The molecule has 0 heterocycles. The Labute approximate surface area is 111 Å². The molecular weight excluding hydrogens is 218 g/mol. The second-order valence-electron chi connectivity index (χ2n) is 6.40. The number of benzene rings is 1. The van der Waals surface area contributed by atoms with Gasteiger partial charge in [-0.05, 0) is 54.7 Å². The fourth-order valence-corrected chi connectivity index (χ4v) is 4.03. The van der Waals surface area contributed by atoms with Crippen molar-refractivity contribution >= 4 is 0 Å². The van der Waals surface area contributed by atoms with Crippen LogP contribution in [-0.2, 0) is 11.8 Å². The monoisotopic (exact) mass is 243 g/mol. The molecule has 18 heavy (non-hydrogen) atoms. The van der Waals surface area contributed by atoms with Crippen molar-refractivity contribution in [3.8, 4) is 0 Å². The zero-order valence-electron chi connectivity index (χ0n) is 11.5. The van der Waals surface area contributed by atoms with Crippen LogP contribution in [0.25, 0.3) is 0 Å². The Kier molecular flexibility index (Phi) is 3.19. The van der Waals surface area contributed by atoms with E-state index in [0.717, 1.165) is 12.5 Å². The van der Waals surface area contributed by atoms with Crippen molar-refractivity contribution in [3.05, 3.63) is 34.9 Å². The van der Waals surface area contributed by atoms with Gasteiger partial charge in [-0.15, -0.1) is 0 Å². The molecule has 0 saturated heterocycles. The zero-order valence-corrected chi connectivity index (χ0v) is 11.5. The average Bonchev–Trinajstić information content (AvgIpc) is 2.89. The summed E-state index contributed by atoms with van der Waals surface area (Å²) in [6.45, 7) is 3.20. The van der Waals surface area contributed by atoms with E-state index in [1.165, 1.54) is 50.5 Å². The summed E-state index contributed by atoms with van der Waals surface area (Å²) >= 11 is 0. The summed E-state index contributed by atoms with van der Waals surface area (Å²) in [4.78, 5) is 0. The summed E-state index contributed by atoms with van der Waals surface area (Å²) < 4.78 is 0. The van der Waals surface area contributed by atoms with E-state index in [-0.39, 0.29) is 0 Å². The van der Waals surface area contributed by atoms with E-state index in [9.17, 15) is 0 Å². The lowest BCUT2D eigenvalue weighted by atomic mass is 9.75. The van der Waals surface area contributed by atoms with Gasteiger partial charge in [0.1, 0.15) is 0 Å². The van der Waals surface area contributed by atoms with Crippen molar-refractivity contribution in [2.75, 3.05) is 6.54 Å². The highest BCUT2D eigenvalue weighted by Crippen LogP contribution is 2.42. The molecule has 1 unspecified atom stereocenters. The minimum Gasteiger partial charge on any atom is -0.330 e. The first-order valence-corrected chi connectivity index (χ1v) is 7.58. The van der Waals surface area contributed by atoms with Crippen LogP contribution in [0.3, 0.4) is 0 Å². The third kappa shape index (κ3) is 1.89. The predicted octanol–water partition coefficient (Wildman–Crippen LogP) is 3.90. The number of rotatable bonds is 2. The Morgan fingerprint density at radius 1 is 1.22 bits per heavy atom. The Balaban J connectivity index is 2.00. The van der Waals surface area contributed by atoms with Crippen LogP contribution >= 0.6 is 0 Å². The van der Waals surface area contributed by atoms with E-state index in [1.54, 1.807) is 11.1 Å². The molecule has 1 nitrogen and oxygen atoms in total. The third-order valence-electron chi connectivity index (χ3n) is 5.32. The quantitative estimate of drug-likeness (QED) is 0.837. The number of hydrogen-bond acceptors (Lipinski definition) is 1. The number of aryl methyl sites for hydroxylation is 1. The lowest BCUT2D eigenvalue weighted by Crippen LogP contribution is -2.32. The molecule has 1 fully saturated rings. The van der Waals surface area contributed by atoms with E-state index in [0.29, 0.717) is 5.41 Å². The summed E-state index contributed by atoms with van der Waals surface area (Å²) in [5, 5.41) is 0. The van der Waals surface area contributed by atoms with E-state index in [4.69, 9.17) is 5.73 Å². The van der Waals surface area contributed by atoms with Gasteiger partial charge < -0.3 is 5.73 Å². The van der Waals surface area contributed by atoms with Gasteiger partial charge in [0.2, 0.25) is 0 Å². The first-order chi connectivity index (χ1) is 8.75. The summed E-state index contributed by atoms with van der Waals surface area (Å²) in [7, 11) is 0. The van der Waals surface area contributed by atoms with Crippen LogP contribution in [0.5, 0.6) is 0 Å². The van der Waals surface area contributed by atoms with Gasteiger partial charge in [0.25, 0.3) is 0 Å². The van der Waals surface area contributed by atoms with Gasteiger partial charge in [0, 0.05) is 12.0 Å². The average molecular weight is 243 g/mol. The third-order valence-corrected chi connectivity index (χ3v) is 5.32. The van der Waals surface area contributed by atoms with Gasteiger partial charge in [-0.1, -0.05) is 38.0 Å². The van der Waals surface area contributed by atoms with Crippen molar-refractivity contribution in [3.63, 3.8) is 0 Å². The molecule has 3 rings (SSSR count). The molecule has 0 radical (unpaired) electrons. The zero-order chi connectivity index (χ0) is 12.6. The lowest BCUT2D eigenvalue weighted by Gasteiger charge is -2.31. The molecule has 2 aliphatic rings. The normalized spacial score (nSPS) is 26.0.